The minimum atomic E-state index is -0.382. The molecule has 138 valence electrons. The first-order chi connectivity index (χ1) is 12.0. The molecule has 0 bridgehead atoms. The Kier molecular flexibility index (Phi) is 5.58. The number of piperidine rings is 1. The van der Waals surface area contributed by atoms with Crippen LogP contribution in [0.15, 0.2) is 5.38 Å². The van der Waals surface area contributed by atoms with E-state index in [4.69, 9.17) is 10.5 Å². The number of aryl methyl sites for hydroxylation is 1. The summed E-state index contributed by atoms with van der Waals surface area (Å²) in [7, 11) is 1.65. The lowest BCUT2D eigenvalue weighted by atomic mass is 9.78. The van der Waals surface area contributed by atoms with Crippen molar-refractivity contribution < 1.29 is 14.3 Å². The van der Waals surface area contributed by atoms with Crippen LogP contribution >= 0.6 is 11.3 Å². The zero-order valence-electron chi connectivity index (χ0n) is 14.7. The number of aromatic nitrogens is 1. The largest absolute Gasteiger partial charge is 0.383 e. The smallest absolute Gasteiger partial charge is 0.230 e. The maximum Gasteiger partial charge on any atom is 0.230 e. The number of nitrogens with zero attached hydrogens (tertiary/aromatic N) is 3. The van der Waals surface area contributed by atoms with Crippen LogP contribution in [0, 0.1) is 5.41 Å². The second-order valence-electron chi connectivity index (χ2n) is 6.91. The summed E-state index contributed by atoms with van der Waals surface area (Å²) in [5, 5.41) is 2.43. The molecule has 3 rings (SSSR count). The Morgan fingerprint density at radius 2 is 2.28 bits per heavy atom. The topological polar surface area (TPSA) is 88.8 Å². The van der Waals surface area contributed by atoms with Crippen molar-refractivity contribution in [2.45, 2.75) is 32.1 Å². The quantitative estimate of drug-likeness (QED) is 0.816. The van der Waals surface area contributed by atoms with E-state index in [-0.39, 0.29) is 17.2 Å². The van der Waals surface area contributed by atoms with Gasteiger partial charge in [-0.15, -0.1) is 11.3 Å². The lowest BCUT2D eigenvalue weighted by Gasteiger charge is -2.39. The van der Waals surface area contributed by atoms with Crippen molar-refractivity contribution in [3.8, 4) is 0 Å². The first-order valence-corrected chi connectivity index (χ1v) is 9.68. The van der Waals surface area contributed by atoms with Gasteiger partial charge in [-0.2, -0.15) is 0 Å². The predicted octanol–water partition coefficient (Wildman–Crippen LogP) is 1.15. The van der Waals surface area contributed by atoms with Crippen LogP contribution in [-0.2, 0) is 20.7 Å². The summed E-state index contributed by atoms with van der Waals surface area (Å²) in [6.45, 7) is 3.20. The summed E-state index contributed by atoms with van der Waals surface area (Å²) in [4.78, 5) is 33.4. The fraction of sp³-hybridized carbons (Fsp3) is 0.706. The highest BCUT2D eigenvalue weighted by Crippen LogP contribution is 2.40. The van der Waals surface area contributed by atoms with Gasteiger partial charge in [0.2, 0.25) is 11.8 Å². The van der Waals surface area contributed by atoms with Crippen molar-refractivity contribution in [3.63, 3.8) is 0 Å². The zero-order valence-corrected chi connectivity index (χ0v) is 15.5. The minimum Gasteiger partial charge on any atom is -0.383 e. The Balaban J connectivity index is 1.56. The molecule has 25 heavy (non-hydrogen) atoms. The maximum absolute atomic E-state index is 12.9. The van der Waals surface area contributed by atoms with Gasteiger partial charge in [0, 0.05) is 45.1 Å². The molecule has 0 saturated carbocycles. The number of hydrogen-bond donors (Lipinski definition) is 1. The van der Waals surface area contributed by atoms with Crippen molar-refractivity contribution in [3.05, 3.63) is 11.1 Å². The third kappa shape index (κ3) is 3.95. The summed E-state index contributed by atoms with van der Waals surface area (Å²) in [6.07, 6.45) is 3.66. The van der Waals surface area contributed by atoms with Crippen LogP contribution in [0.1, 0.15) is 31.4 Å². The van der Waals surface area contributed by atoms with Crippen LogP contribution in [0.5, 0.6) is 0 Å². The van der Waals surface area contributed by atoms with E-state index < -0.39 is 0 Å². The molecule has 1 atom stereocenters. The number of carbonyl (C=O) groups excluding carboxylic acids is 2. The van der Waals surface area contributed by atoms with Gasteiger partial charge < -0.3 is 20.3 Å². The zero-order chi connectivity index (χ0) is 17.9. The molecule has 3 heterocycles. The molecule has 2 N–H and O–H groups in total. The molecule has 0 radical (unpaired) electrons. The first-order valence-electron chi connectivity index (χ1n) is 8.80. The summed E-state index contributed by atoms with van der Waals surface area (Å²) in [5.74, 6) is 0.295. The van der Waals surface area contributed by atoms with Gasteiger partial charge in [-0.05, 0) is 25.7 Å². The number of methoxy groups -OCH3 is 1. The molecule has 2 saturated heterocycles. The third-order valence-electron chi connectivity index (χ3n) is 5.26. The Hall–Kier alpha value is -1.67. The Bertz CT molecular complexity index is 635. The molecule has 2 aliphatic rings. The molecule has 1 spiro atoms. The van der Waals surface area contributed by atoms with Crippen molar-refractivity contribution in [2.24, 2.45) is 5.41 Å². The number of hydrogen-bond acceptors (Lipinski definition) is 6. The van der Waals surface area contributed by atoms with E-state index in [0.29, 0.717) is 44.2 Å². The molecule has 8 heteroatoms. The normalized spacial score (nSPS) is 23.6. The van der Waals surface area contributed by atoms with Crippen LogP contribution in [0.4, 0.5) is 5.13 Å². The van der Waals surface area contributed by atoms with E-state index in [0.717, 1.165) is 31.5 Å². The molecule has 2 amide bonds. The van der Waals surface area contributed by atoms with E-state index >= 15 is 0 Å². The van der Waals surface area contributed by atoms with Crippen LogP contribution < -0.4 is 5.73 Å². The summed E-state index contributed by atoms with van der Waals surface area (Å²) < 4.78 is 5.11. The van der Waals surface area contributed by atoms with Crippen molar-refractivity contribution in [2.75, 3.05) is 45.6 Å². The highest BCUT2D eigenvalue weighted by Gasteiger charge is 2.49. The molecule has 0 aliphatic carbocycles. The molecule has 7 nitrogen and oxygen atoms in total. The number of ether oxygens (including phenoxy) is 1. The fourth-order valence-corrected chi connectivity index (χ4v) is 4.46. The van der Waals surface area contributed by atoms with E-state index in [9.17, 15) is 9.59 Å². The molecular formula is C17H26N4O3S. The van der Waals surface area contributed by atoms with Gasteiger partial charge in [-0.1, -0.05) is 0 Å². The number of thiazole rings is 1. The lowest BCUT2D eigenvalue weighted by Crippen LogP contribution is -2.51. The van der Waals surface area contributed by atoms with Crippen molar-refractivity contribution in [1.29, 1.82) is 0 Å². The number of nitrogens with two attached hydrogens (primary N) is 1. The molecule has 0 aromatic carbocycles. The lowest BCUT2D eigenvalue weighted by molar-refractivity contribution is -0.146. The second kappa shape index (κ2) is 7.70. The number of amides is 2. The summed E-state index contributed by atoms with van der Waals surface area (Å²) >= 11 is 1.39. The average molecular weight is 366 g/mol. The molecule has 1 aromatic heterocycles. The second-order valence-corrected chi connectivity index (χ2v) is 7.80. The number of rotatable bonds is 6. The van der Waals surface area contributed by atoms with Crippen LogP contribution in [-0.4, -0.2) is 66.5 Å². The number of nitrogen functional groups attached to an aromatic ring is 1. The summed E-state index contributed by atoms with van der Waals surface area (Å²) in [5.41, 5.74) is 6.11. The van der Waals surface area contributed by atoms with Gasteiger partial charge in [0.1, 0.15) is 0 Å². The molecule has 2 aliphatic heterocycles. The van der Waals surface area contributed by atoms with Crippen LogP contribution in [0.2, 0.25) is 0 Å². The van der Waals surface area contributed by atoms with Gasteiger partial charge in [0.25, 0.3) is 0 Å². The number of anilines is 1. The summed E-state index contributed by atoms with van der Waals surface area (Å²) in [6, 6.07) is 0. The van der Waals surface area contributed by atoms with E-state index in [1.54, 1.807) is 7.11 Å². The van der Waals surface area contributed by atoms with Crippen molar-refractivity contribution >= 4 is 28.3 Å². The molecule has 2 fully saturated rings. The monoisotopic (exact) mass is 366 g/mol. The predicted molar refractivity (Wildman–Crippen MR) is 96.2 cm³/mol. The Labute approximate surface area is 152 Å². The SMILES string of the molecule is COCCN1CCC[C@@]2(CCN(C(=O)CCc3csc(N)n3)C2)C1=O. The molecule has 0 unspecified atom stereocenters. The van der Waals surface area contributed by atoms with Gasteiger partial charge in [0.05, 0.1) is 17.7 Å². The first kappa shape index (κ1) is 18.1. The van der Waals surface area contributed by atoms with Gasteiger partial charge in [0.15, 0.2) is 5.13 Å². The highest BCUT2D eigenvalue weighted by molar-refractivity contribution is 7.13. The van der Waals surface area contributed by atoms with E-state index in [1.165, 1.54) is 11.3 Å². The molecule has 1 aromatic rings. The average Bonchev–Trinajstić information content (AvgIpc) is 3.21. The Morgan fingerprint density at radius 1 is 1.44 bits per heavy atom. The van der Waals surface area contributed by atoms with Gasteiger partial charge in [-0.3, -0.25) is 9.59 Å². The highest BCUT2D eigenvalue weighted by atomic mass is 32.1. The van der Waals surface area contributed by atoms with Crippen LogP contribution in [0.3, 0.4) is 0 Å². The standard InChI is InChI=1S/C17H26N4O3S/c1-24-10-9-20-7-2-5-17(15(20)23)6-8-21(12-17)14(22)4-3-13-11-25-16(18)19-13/h11H,2-10,12H2,1H3,(H2,18,19)/t17-/m0/s1. The minimum absolute atomic E-state index is 0.102. The van der Waals surface area contributed by atoms with Gasteiger partial charge >= 0.3 is 0 Å². The number of likely N-dealkylation sites (tertiary alicyclic amines) is 2. The van der Waals surface area contributed by atoms with Crippen molar-refractivity contribution in [1.82, 2.24) is 14.8 Å². The van der Waals surface area contributed by atoms with Gasteiger partial charge in [-0.25, -0.2) is 4.98 Å². The number of carbonyl (C=O) groups is 2. The van der Waals surface area contributed by atoms with E-state index in [2.05, 4.69) is 4.98 Å². The molecular weight excluding hydrogens is 340 g/mol. The fourth-order valence-electron chi connectivity index (χ4n) is 3.86. The van der Waals surface area contributed by atoms with E-state index in [1.807, 2.05) is 15.2 Å². The third-order valence-corrected chi connectivity index (χ3v) is 5.98. The van der Waals surface area contributed by atoms with Crippen LogP contribution in [0.25, 0.3) is 0 Å². The Morgan fingerprint density at radius 3 is 3.00 bits per heavy atom. The maximum atomic E-state index is 12.9.